The van der Waals surface area contributed by atoms with Crippen molar-refractivity contribution >= 4 is 0 Å². The fraction of sp³-hybridized carbons (Fsp3) is 0.750. The van der Waals surface area contributed by atoms with Crippen LogP contribution in [0, 0.1) is 6.92 Å². The highest BCUT2D eigenvalue weighted by atomic mass is 16.5. The summed E-state index contributed by atoms with van der Waals surface area (Å²) in [5.41, 5.74) is 5.89. The molecule has 0 amide bonds. The van der Waals surface area contributed by atoms with Gasteiger partial charge in [0, 0.05) is 6.04 Å². The van der Waals surface area contributed by atoms with Crippen molar-refractivity contribution in [3.8, 4) is 0 Å². The minimum atomic E-state index is 0.213. The van der Waals surface area contributed by atoms with Gasteiger partial charge in [-0.15, -0.1) is 0 Å². The van der Waals surface area contributed by atoms with Crippen molar-refractivity contribution in [1.29, 1.82) is 0 Å². The zero-order valence-electron chi connectivity index (χ0n) is 7.16. The van der Waals surface area contributed by atoms with Crippen molar-refractivity contribution in [2.45, 2.75) is 38.1 Å². The van der Waals surface area contributed by atoms with E-state index in [0.29, 0.717) is 11.7 Å². The monoisotopic (exact) mass is 167 g/mol. The van der Waals surface area contributed by atoms with Crippen LogP contribution in [0.15, 0.2) is 4.52 Å². The van der Waals surface area contributed by atoms with Crippen LogP contribution in [0.5, 0.6) is 0 Å². The van der Waals surface area contributed by atoms with Crippen molar-refractivity contribution in [3.63, 3.8) is 0 Å². The van der Waals surface area contributed by atoms with E-state index in [0.717, 1.165) is 18.7 Å². The Bertz CT molecular complexity index is 271. The first-order chi connectivity index (χ1) is 5.77. The highest BCUT2D eigenvalue weighted by molar-refractivity contribution is 5.01. The van der Waals surface area contributed by atoms with Gasteiger partial charge in [0.2, 0.25) is 5.89 Å². The van der Waals surface area contributed by atoms with E-state index in [-0.39, 0.29) is 6.04 Å². The van der Waals surface area contributed by atoms with E-state index in [1.54, 1.807) is 0 Å². The van der Waals surface area contributed by atoms with E-state index < -0.39 is 0 Å². The maximum Gasteiger partial charge on any atom is 0.231 e. The summed E-state index contributed by atoms with van der Waals surface area (Å²) in [6, 6.07) is 0.213. The fourth-order valence-corrected chi connectivity index (χ4v) is 1.76. The molecule has 0 bridgehead atoms. The highest BCUT2D eigenvalue weighted by Gasteiger charge is 2.29. The minimum Gasteiger partial charge on any atom is -0.339 e. The molecule has 2 unspecified atom stereocenters. The molecule has 1 aliphatic carbocycles. The van der Waals surface area contributed by atoms with Crippen molar-refractivity contribution in [1.82, 2.24) is 10.1 Å². The van der Waals surface area contributed by atoms with Gasteiger partial charge in [0.15, 0.2) is 5.82 Å². The quantitative estimate of drug-likeness (QED) is 0.677. The lowest BCUT2D eigenvalue weighted by atomic mass is 10.1. The predicted molar refractivity (Wildman–Crippen MR) is 43.6 cm³/mol. The molecular formula is C8H13N3O. The second kappa shape index (κ2) is 2.86. The van der Waals surface area contributed by atoms with Crippen LogP contribution in [0.3, 0.4) is 0 Å². The molecule has 0 aliphatic heterocycles. The van der Waals surface area contributed by atoms with E-state index in [1.165, 1.54) is 6.42 Å². The lowest BCUT2D eigenvalue weighted by Crippen LogP contribution is -2.22. The third-order valence-electron chi connectivity index (χ3n) is 2.43. The smallest absolute Gasteiger partial charge is 0.231 e. The van der Waals surface area contributed by atoms with Crippen molar-refractivity contribution in [3.05, 3.63) is 11.7 Å². The number of hydrogen-bond donors (Lipinski definition) is 1. The molecule has 2 N–H and O–H groups in total. The molecule has 0 aromatic carbocycles. The highest BCUT2D eigenvalue weighted by Crippen LogP contribution is 2.31. The third-order valence-corrected chi connectivity index (χ3v) is 2.43. The average molecular weight is 167 g/mol. The summed E-state index contributed by atoms with van der Waals surface area (Å²) < 4.78 is 5.08. The second-order valence-electron chi connectivity index (χ2n) is 3.38. The van der Waals surface area contributed by atoms with E-state index >= 15 is 0 Å². The van der Waals surface area contributed by atoms with Gasteiger partial charge in [-0.2, -0.15) is 4.98 Å². The van der Waals surface area contributed by atoms with Gasteiger partial charge in [-0.05, 0) is 19.8 Å². The van der Waals surface area contributed by atoms with Gasteiger partial charge in [0.1, 0.15) is 0 Å². The van der Waals surface area contributed by atoms with Gasteiger partial charge in [0.25, 0.3) is 0 Å². The molecular weight excluding hydrogens is 154 g/mol. The zero-order valence-corrected chi connectivity index (χ0v) is 7.16. The lowest BCUT2D eigenvalue weighted by molar-refractivity contribution is 0.342. The van der Waals surface area contributed by atoms with Gasteiger partial charge >= 0.3 is 0 Å². The van der Waals surface area contributed by atoms with E-state index in [2.05, 4.69) is 10.1 Å². The molecule has 66 valence electrons. The van der Waals surface area contributed by atoms with E-state index in [4.69, 9.17) is 10.3 Å². The molecule has 1 heterocycles. The maximum atomic E-state index is 5.89. The molecule has 1 fully saturated rings. The molecule has 2 atom stereocenters. The summed E-state index contributed by atoms with van der Waals surface area (Å²) in [6.07, 6.45) is 3.34. The fourth-order valence-electron chi connectivity index (χ4n) is 1.76. The molecule has 1 aliphatic rings. The molecule has 1 aromatic heterocycles. The van der Waals surface area contributed by atoms with Crippen LogP contribution in [0.2, 0.25) is 0 Å². The summed E-state index contributed by atoms with van der Waals surface area (Å²) in [5, 5.41) is 3.75. The molecule has 12 heavy (non-hydrogen) atoms. The standard InChI is InChI=1S/C8H13N3O/c1-5-10-8(12-11-5)6-3-2-4-7(6)9/h6-7H,2-4,9H2,1H3. The zero-order chi connectivity index (χ0) is 8.55. The van der Waals surface area contributed by atoms with Crippen LogP contribution >= 0.6 is 0 Å². The average Bonchev–Trinajstić information content (AvgIpc) is 2.58. The summed E-state index contributed by atoms with van der Waals surface area (Å²) in [4.78, 5) is 4.19. The first kappa shape index (κ1) is 7.73. The Morgan fingerprint density at radius 1 is 1.50 bits per heavy atom. The van der Waals surface area contributed by atoms with Gasteiger partial charge in [-0.1, -0.05) is 11.6 Å². The second-order valence-corrected chi connectivity index (χ2v) is 3.38. The van der Waals surface area contributed by atoms with Crippen LogP contribution in [0.1, 0.15) is 36.9 Å². The predicted octanol–water partition coefficient (Wildman–Crippen LogP) is 0.973. The van der Waals surface area contributed by atoms with Crippen LogP contribution in [0.4, 0.5) is 0 Å². The van der Waals surface area contributed by atoms with Gasteiger partial charge in [0.05, 0.1) is 5.92 Å². The van der Waals surface area contributed by atoms with Crippen molar-refractivity contribution < 1.29 is 4.52 Å². The number of aromatic nitrogens is 2. The van der Waals surface area contributed by atoms with Crippen molar-refractivity contribution in [2.75, 3.05) is 0 Å². The number of aryl methyl sites for hydroxylation is 1. The number of hydrogen-bond acceptors (Lipinski definition) is 4. The van der Waals surface area contributed by atoms with Crippen molar-refractivity contribution in [2.24, 2.45) is 5.73 Å². The summed E-state index contributed by atoms with van der Waals surface area (Å²) >= 11 is 0. The Kier molecular flexibility index (Phi) is 1.84. The Balaban J connectivity index is 2.19. The first-order valence-corrected chi connectivity index (χ1v) is 4.33. The minimum absolute atomic E-state index is 0.213. The molecule has 0 spiro atoms. The summed E-state index contributed by atoms with van der Waals surface area (Å²) in [5.74, 6) is 1.72. The SMILES string of the molecule is Cc1noc(C2CCCC2N)n1. The van der Waals surface area contributed by atoms with E-state index in [9.17, 15) is 0 Å². The number of nitrogens with two attached hydrogens (primary N) is 1. The Labute approximate surface area is 71.1 Å². The Morgan fingerprint density at radius 3 is 2.83 bits per heavy atom. The lowest BCUT2D eigenvalue weighted by Gasteiger charge is -2.08. The number of rotatable bonds is 1. The molecule has 2 rings (SSSR count). The molecule has 1 saturated carbocycles. The summed E-state index contributed by atoms with van der Waals surface area (Å²) in [6.45, 7) is 1.83. The molecule has 4 heteroatoms. The Hall–Kier alpha value is -0.900. The van der Waals surface area contributed by atoms with Gasteiger partial charge in [-0.3, -0.25) is 0 Å². The number of nitrogens with zero attached hydrogens (tertiary/aromatic N) is 2. The van der Waals surface area contributed by atoms with Crippen LogP contribution < -0.4 is 5.73 Å². The normalized spacial score (nSPS) is 29.5. The molecule has 0 saturated heterocycles. The molecule has 1 aromatic rings. The van der Waals surface area contributed by atoms with Crippen LogP contribution in [0.25, 0.3) is 0 Å². The van der Waals surface area contributed by atoms with Crippen LogP contribution in [-0.2, 0) is 0 Å². The molecule has 4 nitrogen and oxygen atoms in total. The third kappa shape index (κ3) is 1.22. The maximum absolute atomic E-state index is 5.89. The molecule has 0 radical (unpaired) electrons. The summed E-state index contributed by atoms with van der Waals surface area (Å²) in [7, 11) is 0. The first-order valence-electron chi connectivity index (χ1n) is 4.33. The van der Waals surface area contributed by atoms with E-state index in [1.807, 2.05) is 6.92 Å². The largest absolute Gasteiger partial charge is 0.339 e. The van der Waals surface area contributed by atoms with Crippen LogP contribution in [-0.4, -0.2) is 16.2 Å². The topological polar surface area (TPSA) is 64.9 Å². The van der Waals surface area contributed by atoms with Gasteiger partial charge in [-0.25, -0.2) is 0 Å². The van der Waals surface area contributed by atoms with Gasteiger partial charge < -0.3 is 10.3 Å². The Morgan fingerprint density at radius 2 is 2.33 bits per heavy atom.